The Morgan fingerprint density at radius 2 is 1.41 bits per heavy atom. The minimum Gasteiger partial charge on any atom is -0.495 e. The molecule has 1 atom stereocenters. The van der Waals surface area contributed by atoms with Gasteiger partial charge in [0.1, 0.15) is 18.3 Å². The average Bonchev–Trinajstić information content (AvgIpc) is 3.11. The largest absolute Gasteiger partial charge is 0.495 e. The number of amides is 2. The smallest absolute Gasteiger partial charge is 0.265 e. The van der Waals surface area contributed by atoms with E-state index >= 15 is 0 Å². The first-order valence-electron chi connectivity index (χ1n) is 15.9. The van der Waals surface area contributed by atoms with Crippen molar-refractivity contribution in [3.8, 4) is 17.2 Å². The van der Waals surface area contributed by atoms with E-state index < -0.39 is 34.4 Å². The van der Waals surface area contributed by atoms with Gasteiger partial charge < -0.3 is 24.4 Å². The van der Waals surface area contributed by atoms with Gasteiger partial charge in [-0.25, -0.2) is 8.42 Å². The Balaban J connectivity index is 1.91. The van der Waals surface area contributed by atoms with E-state index in [2.05, 4.69) is 5.32 Å². The van der Waals surface area contributed by atoms with Crippen LogP contribution in [0.3, 0.4) is 0 Å². The molecule has 0 aromatic heterocycles. The third-order valence-corrected chi connectivity index (χ3v) is 10.7. The number of benzene rings is 4. The van der Waals surface area contributed by atoms with E-state index in [0.29, 0.717) is 17.9 Å². The third kappa shape index (κ3) is 9.79. The van der Waals surface area contributed by atoms with Gasteiger partial charge in [0, 0.05) is 46.2 Å². The highest BCUT2D eigenvalue weighted by atomic mass is 35.5. The molecule has 0 aliphatic heterocycles. The lowest BCUT2D eigenvalue weighted by atomic mass is 10.0. The van der Waals surface area contributed by atoms with Gasteiger partial charge in [-0.05, 0) is 53.9 Å². The summed E-state index contributed by atoms with van der Waals surface area (Å²) < 4.78 is 46.4. The highest BCUT2D eigenvalue weighted by molar-refractivity contribution is 7.92. The van der Waals surface area contributed by atoms with Crippen molar-refractivity contribution in [2.75, 3.05) is 38.7 Å². The Hall–Kier alpha value is -4.16. The summed E-state index contributed by atoms with van der Waals surface area (Å²) in [6.45, 7) is 3.28. The number of anilines is 1. The number of hydrogen-bond acceptors (Lipinski definition) is 7. The maximum Gasteiger partial charge on any atom is 0.265 e. The second-order valence-corrected chi connectivity index (χ2v) is 15.0. The van der Waals surface area contributed by atoms with Crippen molar-refractivity contribution in [3.05, 3.63) is 111 Å². The Morgan fingerprint density at radius 1 is 0.784 bits per heavy atom. The predicted molar refractivity (Wildman–Crippen MR) is 201 cm³/mol. The molecule has 0 radical (unpaired) electrons. The molecule has 0 fully saturated rings. The zero-order valence-electron chi connectivity index (χ0n) is 28.9. The summed E-state index contributed by atoms with van der Waals surface area (Å²) in [5.74, 6) is -0.448. The van der Waals surface area contributed by atoms with Crippen molar-refractivity contribution in [3.63, 3.8) is 0 Å². The second kappa shape index (κ2) is 17.9. The number of halogens is 3. The summed E-state index contributed by atoms with van der Waals surface area (Å²) in [6.07, 6.45) is 0.113. The van der Waals surface area contributed by atoms with E-state index in [0.717, 1.165) is 9.87 Å². The van der Waals surface area contributed by atoms with Crippen LogP contribution >= 0.6 is 34.8 Å². The third-order valence-electron chi connectivity index (χ3n) is 7.98. The summed E-state index contributed by atoms with van der Waals surface area (Å²) in [6, 6.07) is 21.5. The number of ether oxygens (including phenoxy) is 3. The topological polar surface area (TPSA) is 114 Å². The molecule has 0 heterocycles. The fourth-order valence-corrected chi connectivity index (χ4v) is 7.42. The molecule has 0 saturated heterocycles. The fourth-order valence-electron chi connectivity index (χ4n) is 5.31. The zero-order valence-corrected chi connectivity index (χ0v) is 31.9. The molecule has 51 heavy (non-hydrogen) atoms. The Morgan fingerprint density at radius 3 is 2.02 bits per heavy atom. The summed E-state index contributed by atoms with van der Waals surface area (Å²) >= 11 is 19.6. The number of methoxy groups -OCH3 is 3. The predicted octanol–water partition coefficient (Wildman–Crippen LogP) is 7.28. The standard InChI is InChI=1S/C37H40Cl3N3O7S/c1-24(2)21-41-37(45)32(18-25-10-7-6-8-11-25)42(22-28-29(39)12-9-13-30(28)40)36(44)23-43(31-19-26(38)14-16-33(31)48-3)51(46,47)27-15-17-34(49-4)35(20-27)50-5/h6-17,19-20,24,32H,18,21-23H2,1-5H3,(H,41,45)/t32-/m1/s1. The Bertz CT molecular complexity index is 1930. The zero-order chi connectivity index (χ0) is 37.3. The van der Waals surface area contributed by atoms with Crippen LogP contribution in [0.2, 0.25) is 15.1 Å². The van der Waals surface area contributed by atoms with Crippen LogP contribution in [-0.4, -0.2) is 65.6 Å². The van der Waals surface area contributed by atoms with Gasteiger partial charge in [0.15, 0.2) is 11.5 Å². The lowest BCUT2D eigenvalue weighted by molar-refractivity contribution is -0.140. The van der Waals surface area contributed by atoms with E-state index in [-0.39, 0.29) is 56.0 Å². The maximum atomic E-state index is 14.8. The first kappa shape index (κ1) is 39.6. The molecular weight excluding hydrogens is 737 g/mol. The molecule has 272 valence electrons. The molecule has 0 unspecified atom stereocenters. The summed E-state index contributed by atoms with van der Waals surface area (Å²) in [5.41, 5.74) is 1.16. The quantitative estimate of drug-likeness (QED) is 0.127. The normalized spacial score (nSPS) is 11.9. The van der Waals surface area contributed by atoms with Crippen LogP contribution < -0.4 is 23.8 Å². The molecule has 0 aliphatic rings. The van der Waals surface area contributed by atoms with Gasteiger partial charge in [0.05, 0.1) is 31.9 Å². The monoisotopic (exact) mass is 775 g/mol. The fraction of sp³-hybridized carbons (Fsp3) is 0.297. The van der Waals surface area contributed by atoms with Crippen molar-refractivity contribution < 1.29 is 32.2 Å². The molecule has 14 heteroatoms. The first-order chi connectivity index (χ1) is 24.3. The van der Waals surface area contributed by atoms with Crippen molar-refractivity contribution in [2.24, 2.45) is 5.92 Å². The number of nitrogens with zero attached hydrogens (tertiary/aromatic N) is 2. The number of sulfonamides is 1. The van der Waals surface area contributed by atoms with Crippen molar-refractivity contribution in [2.45, 2.75) is 37.8 Å². The van der Waals surface area contributed by atoms with Gasteiger partial charge in [0.2, 0.25) is 11.8 Å². The van der Waals surface area contributed by atoms with Gasteiger partial charge in [-0.1, -0.05) is 85.0 Å². The van der Waals surface area contributed by atoms with E-state index in [1.165, 1.54) is 62.6 Å². The van der Waals surface area contributed by atoms with Crippen LogP contribution in [0.5, 0.6) is 17.2 Å². The van der Waals surface area contributed by atoms with Gasteiger partial charge >= 0.3 is 0 Å². The van der Waals surface area contributed by atoms with Crippen LogP contribution in [0.4, 0.5) is 5.69 Å². The minimum atomic E-state index is -4.55. The van der Waals surface area contributed by atoms with Crippen molar-refractivity contribution in [1.82, 2.24) is 10.2 Å². The second-order valence-electron chi connectivity index (χ2n) is 11.9. The molecule has 2 amide bonds. The Kier molecular flexibility index (Phi) is 13.9. The van der Waals surface area contributed by atoms with E-state index in [1.807, 2.05) is 44.2 Å². The molecule has 10 nitrogen and oxygen atoms in total. The summed E-state index contributed by atoms with van der Waals surface area (Å²) in [5, 5.41) is 3.69. The van der Waals surface area contributed by atoms with Crippen LogP contribution in [0.1, 0.15) is 25.0 Å². The first-order valence-corrected chi connectivity index (χ1v) is 18.5. The molecule has 0 spiro atoms. The van der Waals surface area contributed by atoms with E-state index in [1.54, 1.807) is 18.2 Å². The summed E-state index contributed by atoms with van der Waals surface area (Å²) in [7, 11) is -0.368. The van der Waals surface area contributed by atoms with E-state index in [9.17, 15) is 18.0 Å². The van der Waals surface area contributed by atoms with Gasteiger partial charge in [-0.15, -0.1) is 0 Å². The number of carbonyl (C=O) groups is 2. The SMILES string of the molecule is COc1ccc(S(=O)(=O)N(CC(=O)N(Cc2c(Cl)cccc2Cl)[C@H](Cc2ccccc2)C(=O)NCC(C)C)c2cc(Cl)ccc2OC)cc1OC. The molecular formula is C37H40Cl3N3O7S. The molecule has 4 rings (SSSR count). The Labute approximate surface area is 314 Å². The highest BCUT2D eigenvalue weighted by Gasteiger charge is 2.36. The van der Waals surface area contributed by atoms with Gasteiger partial charge in [-0.3, -0.25) is 13.9 Å². The number of rotatable bonds is 16. The molecule has 0 bridgehead atoms. The molecule has 0 saturated carbocycles. The van der Waals surface area contributed by atoms with Crippen LogP contribution in [0.15, 0.2) is 89.8 Å². The number of carbonyl (C=O) groups excluding carboxylic acids is 2. The number of nitrogens with one attached hydrogen (secondary N) is 1. The minimum absolute atomic E-state index is 0.00673. The lowest BCUT2D eigenvalue weighted by Crippen LogP contribution is -2.53. The molecule has 4 aromatic rings. The van der Waals surface area contributed by atoms with Crippen LogP contribution in [0, 0.1) is 5.92 Å². The van der Waals surface area contributed by atoms with Gasteiger partial charge in [0.25, 0.3) is 10.0 Å². The number of hydrogen-bond donors (Lipinski definition) is 1. The lowest BCUT2D eigenvalue weighted by Gasteiger charge is -2.34. The van der Waals surface area contributed by atoms with Gasteiger partial charge in [-0.2, -0.15) is 0 Å². The van der Waals surface area contributed by atoms with Crippen molar-refractivity contribution in [1.29, 1.82) is 0 Å². The maximum absolute atomic E-state index is 14.8. The summed E-state index contributed by atoms with van der Waals surface area (Å²) in [4.78, 5) is 30.0. The average molecular weight is 777 g/mol. The highest BCUT2D eigenvalue weighted by Crippen LogP contribution is 2.37. The van der Waals surface area contributed by atoms with E-state index in [4.69, 9.17) is 49.0 Å². The van der Waals surface area contributed by atoms with Crippen molar-refractivity contribution >= 4 is 62.3 Å². The van der Waals surface area contributed by atoms with Crippen LogP contribution in [-0.2, 0) is 32.6 Å². The molecule has 0 aliphatic carbocycles. The van der Waals surface area contributed by atoms with Crippen LogP contribution in [0.25, 0.3) is 0 Å². The molecule has 1 N–H and O–H groups in total. The molecule has 4 aromatic carbocycles.